The van der Waals surface area contributed by atoms with E-state index in [1.165, 1.54) is 0 Å². The second kappa shape index (κ2) is 16.4. The number of quaternary nitrogens is 1. The van der Waals surface area contributed by atoms with Crippen molar-refractivity contribution in [3.63, 3.8) is 0 Å². The summed E-state index contributed by atoms with van der Waals surface area (Å²) in [6.45, 7) is 9.96. The van der Waals surface area contributed by atoms with Gasteiger partial charge in [-0.3, -0.25) is 4.79 Å². The van der Waals surface area contributed by atoms with Crippen LogP contribution in [0.2, 0.25) is 0 Å². The largest absolute Gasteiger partial charge is 0.872 e. The van der Waals surface area contributed by atoms with Crippen LogP contribution in [0.1, 0.15) is 56.5 Å². The molecule has 0 aliphatic carbocycles. The Morgan fingerprint density at radius 1 is 0.558 bits per heavy atom. The second-order valence-corrected chi connectivity index (χ2v) is 13.6. The third-order valence-corrected chi connectivity index (χ3v) is 9.53. The van der Waals surface area contributed by atoms with Crippen LogP contribution in [0.15, 0.2) is 127 Å². The minimum atomic E-state index is -0.791. The highest BCUT2D eigenvalue weighted by Gasteiger charge is 2.36. The summed E-state index contributed by atoms with van der Waals surface area (Å²) in [5.41, 5.74) is 11.1. The number of aromatic hydroxyl groups is 2. The number of hydrogen-bond acceptors (Lipinski definition) is 4. The van der Waals surface area contributed by atoms with Crippen LogP contribution in [0.4, 0.5) is 17.1 Å². The van der Waals surface area contributed by atoms with Crippen LogP contribution in [0.5, 0.6) is 17.2 Å². The van der Waals surface area contributed by atoms with E-state index in [4.69, 9.17) is 0 Å². The van der Waals surface area contributed by atoms with Crippen LogP contribution >= 0.6 is 0 Å². The molecule has 0 unspecified atom stereocenters. The Morgan fingerprint density at radius 2 is 0.885 bits per heavy atom. The first-order valence-electron chi connectivity index (χ1n) is 17.5. The molecule has 0 atom stereocenters. The minimum absolute atomic E-state index is 0.0670. The molecule has 266 valence electrons. The standard InChI is InChI=1S/C25H28O3.C21H19NO2/c1-14-6-21(12-19-8-15(2)23(26)16(3)9-19)25(28)22(7-14)13-20-10-17(4)24(27)18(5)11-20;23-21(24)16-17-22(18-10-4-1-5-11-18,19-12-6-2-7-13-19)20-14-8-3-9-15-20/h6-11,26-28H,12-13H2,1-5H3;1-15H,16-17H2. The number of carboxylic acids is 1. The van der Waals surface area contributed by atoms with Gasteiger partial charge in [-0.05, 0) is 117 Å². The predicted octanol–water partition coefficient (Wildman–Crippen LogP) is 10.0. The van der Waals surface area contributed by atoms with Crippen LogP contribution in [0.25, 0.3) is 0 Å². The van der Waals surface area contributed by atoms with Crippen LogP contribution in [0, 0.1) is 34.6 Å². The van der Waals surface area contributed by atoms with Gasteiger partial charge in [-0.2, -0.15) is 0 Å². The number of carbonyl (C=O) groups is 1. The third-order valence-electron chi connectivity index (χ3n) is 9.53. The summed E-state index contributed by atoms with van der Waals surface area (Å²) < 4.78 is 0.384. The van der Waals surface area contributed by atoms with Crippen LogP contribution in [-0.4, -0.2) is 27.8 Å². The van der Waals surface area contributed by atoms with E-state index in [-0.39, 0.29) is 12.2 Å². The highest BCUT2D eigenvalue weighted by Crippen LogP contribution is 2.43. The number of aliphatic carboxylic acids is 1. The predicted molar refractivity (Wildman–Crippen MR) is 209 cm³/mol. The fraction of sp³-hybridized carbons (Fsp3) is 0.196. The normalized spacial score (nSPS) is 11.1. The molecule has 0 fully saturated rings. The van der Waals surface area contributed by atoms with E-state index >= 15 is 0 Å². The lowest BCUT2D eigenvalue weighted by molar-refractivity contribution is -0.270. The van der Waals surface area contributed by atoms with Crippen molar-refractivity contribution in [1.29, 1.82) is 0 Å². The Kier molecular flexibility index (Phi) is 11.8. The lowest BCUT2D eigenvalue weighted by Crippen LogP contribution is -2.40. The van der Waals surface area contributed by atoms with Crippen molar-refractivity contribution >= 4 is 23.0 Å². The van der Waals surface area contributed by atoms with Crippen LogP contribution < -0.4 is 9.59 Å². The van der Waals surface area contributed by atoms with Crippen LogP contribution in [-0.2, 0) is 17.6 Å². The van der Waals surface area contributed by atoms with Crippen molar-refractivity contribution in [1.82, 2.24) is 4.48 Å². The molecule has 6 rings (SSSR count). The molecule has 6 heteroatoms. The zero-order valence-electron chi connectivity index (χ0n) is 30.6. The van der Waals surface area contributed by atoms with E-state index < -0.39 is 5.97 Å². The maximum Gasteiger partial charge on any atom is 0.309 e. The molecule has 0 radical (unpaired) electrons. The second-order valence-electron chi connectivity index (χ2n) is 13.6. The van der Waals surface area contributed by atoms with Crippen molar-refractivity contribution in [2.24, 2.45) is 0 Å². The van der Waals surface area contributed by atoms with Gasteiger partial charge in [0.2, 0.25) is 0 Å². The zero-order valence-corrected chi connectivity index (χ0v) is 30.6. The Bertz CT molecular complexity index is 1920. The number of phenolic OH excluding ortho intramolecular Hbond substituents is 2. The number of carboxylic acid groups (broad SMARTS) is 1. The van der Waals surface area contributed by atoms with Gasteiger partial charge in [0, 0.05) is 0 Å². The molecule has 0 heterocycles. The topological polar surface area (TPSA) is 101 Å². The van der Waals surface area contributed by atoms with Gasteiger partial charge in [0.05, 0.1) is 6.42 Å². The lowest BCUT2D eigenvalue weighted by atomic mass is 9.93. The Hall–Kier alpha value is -5.85. The van der Waals surface area contributed by atoms with Gasteiger partial charge in [0.1, 0.15) is 35.1 Å². The van der Waals surface area contributed by atoms with Crippen molar-refractivity contribution in [3.05, 3.63) is 177 Å². The van der Waals surface area contributed by atoms with Gasteiger partial charge in [-0.25, -0.2) is 4.48 Å². The molecule has 6 aromatic carbocycles. The number of nitrogens with zero attached hydrogens (tertiary/aromatic N) is 1. The molecule has 52 heavy (non-hydrogen) atoms. The van der Waals surface area contributed by atoms with E-state index in [1.807, 2.05) is 126 Å². The summed E-state index contributed by atoms with van der Waals surface area (Å²) in [5.74, 6) is -0.0964. The highest BCUT2D eigenvalue weighted by atomic mass is 16.4. The molecule has 0 saturated heterocycles. The summed E-state index contributed by atoms with van der Waals surface area (Å²) in [7, 11) is 0. The van der Waals surface area contributed by atoms with Gasteiger partial charge in [-0.15, -0.1) is 5.75 Å². The van der Waals surface area contributed by atoms with E-state index in [0.717, 1.165) is 67.1 Å². The third kappa shape index (κ3) is 8.53. The first-order chi connectivity index (χ1) is 24.9. The smallest absolute Gasteiger partial charge is 0.309 e. The van der Waals surface area contributed by atoms with Gasteiger partial charge in [0.15, 0.2) is 0 Å². The van der Waals surface area contributed by atoms with Crippen molar-refractivity contribution < 1.29 is 25.2 Å². The summed E-state index contributed by atoms with van der Waals surface area (Å²) in [6.07, 6.45) is 1.17. The van der Waals surface area contributed by atoms with Gasteiger partial charge >= 0.3 is 5.97 Å². The number of aryl methyl sites for hydroxylation is 5. The van der Waals surface area contributed by atoms with E-state index in [2.05, 4.69) is 36.4 Å². The molecule has 0 bridgehead atoms. The molecule has 6 aromatic rings. The quantitative estimate of drug-likeness (QED) is 0.124. The monoisotopic (exact) mass is 693 g/mol. The minimum Gasteiger partial charge on any atom is -0.872 e. The number of rotatable bonds is 10. The Balaban J connectivity index is 0.000000203. The molecular formula is C46H47NO5. The average Bonchev–Trinajstić information content (AvgIpc) is 3.13. The highest BCUT2D eigenvalue weighted by molar-refractivity contribution is 5.74. The molecule has 0 aromatic heterocycles. The molecule has 6 nitrogen and oxygen atoms in total. The lowest BCUT2D eigenvalue weighted by Gasteiger charge is -2.37. The van der Waals surface area contributed by atoms with Crippen molar-refractivity contribution in [2.75, 3.05) is 6.54 Å². The Morgan fingerprint density at radius 3 is 1.19 bits per heavy atom. The van der Waals surface area contributed by atoms with Gasteiger partial charge in [-0.1, -0.05) is 108 Å². The summed E-state index contributed by atoms with van der Waals surface area (Å²) in [5, 5.41) is 42.4. The average molecular weight is 694 g/mol. The number of benzene rings is 6. The Labute approximate surface area is 307 Å². The van der Waals surface area contributed by atoms with E-state index in [0.29, 0.717) is 35.4 Å². The molecular weight excluding hydrogens is 647 g/mol. The SMILES string of the molecule is Cc1cc(Cc2cc(C)c(O)c(C)c2)c([O-])c(Cc2cc(C)c(O)c(C)c2)c1.O=C(O)CC[N+](c1ccccc1)(c1ccccc1)c1ccccc1. The zero-order chi connectivity index (χ0) is 37.4. The molecule has 3 N–H and O–H groups in total. The molecule has 0 amide bonds. The number of para-hydroxylation sites is 3. The molecule has 0 spiro atoms. The van der Waals surface area contributed by atoms with E-state index in [1.54, 1.807) is 0 Å². The number of phenols is 2. The summed E-state index contributed by atoms with van der Waals surface area (Å²) in [6, 6.07) is 41.9. The first-order valence-corrected chi connectivity index (χ1v) is 17.5. The molecule has 0 saturated carbocycles. The van der Waals surface area contributed by atoms with Gasteiger partial charge in [0.25, 0.3) is 0 Å². The van der Waals surface area contributed by atoms with Crippen LogP contribution in [0.3, 0.4) is 0 Å². The van der Waals surface area contributed by atoms with E-state index in [9.17, 15) is 25.2 Å². The van der Waals surface area contributed by atoms with Gasteiger partial charge < -0.3 is 20.4 Å². The fourth-order valence-electron chi connectivity index (χ4n) is 7.07. The number of hydrogen-bond donors (Lipinski definition) is 3. The first kappa shape index (κ1) is 37.4. The van der Waals surface area contributed by atoms with Crippen molar-refractivity contribution in [3.8, 4) is 17.2 Å². The molecule has 0 aliphatic rings. The summed E-state index contributed by atoms with van der Waals surface area (Å²) in [4.78, 5) is 11.3. The summed E-state index contributed by atoms with van der Waals surface area (Å²) >= 11 is 0. The fourth-order valence-corrected chi connectivity index (χ4v) is 7.07. The molecule has 0 aliphatic heterocycles. The van der Waals surface area contributed by atoms with Crippen molar-refractivity contribution in [2.45, 2.75) is 53.9 Å². The maximum absolute atomic E-state index is 13.1. The maximum atomic E-state index is 13.1.